The van der Waals surface area contributed by atoms with Crippen LogP contribution in [0.25, 0.3) is 77.2 Å². The highest BCUT2D eigenvalue weighted by molar-refractivity contribution is 6.10. The molecule has 0 N–H and O–H groups in total. The van der Waals surface area contributed by atoms with Gasteiger partial charge in [-0.2, -0.15) is 0 Å². The summed E-state index contributed by atoms with van der Waals surface area (Å²) in [7, 11) is 0. The zero-order valence-corrected chi connectivity index (χ0v) is 41.0. The van der Waals surface area contributed by atoms with Gasteiger partial charge in [-0.05, 0) is 151 Å². The van der Waals surface area contributed by atoms with Crippen molar-refractivity contribution in [2.75, 3.05) is 4.90 Å². The zero-order chi connectivity index (χ0) is 49.0. The molecule has 3 aliphatic rings. The van der Waals surface area contributed by atoms with Crippen LogP contribution in [0.15, 0.2) is 291 Å². The first-order chi connectivity index (χ1) is 36.7. The minimum atomic E-state index is -0.416. The predicted octanol–water partition coefficient (Wildman–Crippen LogP) is 18.6. The topological polar surface area (TPSA) is 8.17 Å². The number of fused-ring (bicyclic) bond motifs is 6. The molecule has 2 nitrogen and oxygen atoms in total. The highest BCUT2D eigenvalue weighted by Gasteiger charge is 2.48. The summed E-state index contributed by atoms with van der Waals surface area (Å²) in [5.74, 6) is 0. The lowest BCUT2D eigenvalue weighted by Gasteiger charge is -2.35. The van der Waals surface area contributed by atoms with Crippen LogP contribution in [0.1, 0.15) is 35.1 Å². The number of aromatic nitrogens is 1. The van der Waals surface area contributed by atoms with Gasteiger partial charge in [0.25, 0.3) is 0 Å². The van der Waals surface area contributed by atoms with Crippen LogP contribution in [-0.4, -0.2) is 10.6 Å². The van der Waals surface area contributed by atoms with Crippen molar-refractivity contribution in [3.63, 3.8) is 0 Å². The first-order valence-electron chi connectivity index (χ1n) is 26.0. The van der Waals surface area contributed by atoms with Crippen molar-refractivity contribution in [2.45, 2.75) is 24.3 Å². The minimum absolute atomic E-state index is 0.118. The number of hydrogen-bond acceptors (Lipinski definition) is 1. The van der Waals surface area contributed by atoms with E-state index in [0.717, 1.165) is 29.9 Å². The van der Waals surface area contributed by atoms with Gasteiger partial charge in [-0.25, -0.2) is 0 Å². The molecule has 3 aliphatic carbocycles. The van der Waals surface area contributed by atoms with E-state index in [1.807, 2.05) is 0 Å². The molecule has 1 unspecified atom stereocenters. The summed E-state index contributed by atoms with van der Waals surface area (Å²) >= 11 is 0. The number of nitrogens with zero attached hydrogens (tertiary/aromatic N) is 2. The Morgan fingerprint density at radius 3 is 1.73 bits per heavy atom. The second-order valence-corrected chi connectivity index (χ2v) is 19.8. The van der Waals surface area contributed by atoms with Crippen molar-refractivity contribution in [1.29, 1.82) is 0 Å². The number of allylic oxidation sites excluding steroid dienone is 8. The molecule has 350 valence electrons. The summed E-state index contributed by atoms with van der Waals surface area (Å²) in [5.41, 5.74) is 20.8. The Bertz CT molecular complexity index is 4010. The molecule has 0 amide bonds. The number of hydrogen-bond donors (Lipinski definition) is 0. The molecule has 11 aromatic rings. The molecule has 0 saturated heterocycles. The third kappa shape index (κ3) is 7.17. The van der Waals surface area contributed by atoms with Gasteiger partial charge in [0, 0.05) is 27.8 Å². The third-order valence-electron chi connectivity index (χ3n) is 15.8. The third-order valence-corrected chi connectivity index (χ3v) is 15.8. The monoisotopic (exact) mass is 944 g/mol. The highest BCUT2D eigenvalue weighted by atomic mass is 15.2. The molecule has 0 aliphatic heterocycles. The van der Waals surface area contributed by atoms with Gasteiger partial charge >= 0.3 is 0 Å². The van der Waals surface area contributed by atoms with E-state index in [1.165, 1.54) is 99.4 Å². The number of benzene rings is 10. The Morgan fingerprint density at radius 1 is 0.446 bits per heavy atom. The van der Waals surface area contributed by atoms with Gasteiger partial charge in [-0.3, -0.25) is 0 Å². The van der Waals surface area contributed by atoms with Gasteiger partial charge in [0.1, 0.15) is 0 Å². The van der Waals surface area contributed by atoms with Crippen LogP contribution >= 0.6 is 0 Å². The van der Waals surface area contributed by atoms with E-state index in [9.17, 15) is 0 Å². The van der Waals surface area contributed by atoms with E-state index in [-0.39, 0.29) is 6.04 Å². The van der Waals surface area contributed by atoms with Crippen LogP contribution in [0.2, 0.25) is 0 Å². The van der Waals surface area contributed by atoms with Crippen LogP contribution in [0.3, 0.4) is 0 Å². The first kappa shape index (κ1) is 43.5. The normalized spacial score (nSPS) is 15.6. The Morgan fingerprint density at radius 2 is 1.03 bits per heavy atom. The van der Waals surface area contributed by atoms with E-state index in [4.69, 9.17) is 0 Å². The summed E-state index contributed by atoms with van der Waals surface area (Å²) in [5, 5.41) is 5.01. The average molecular weight is 945 g/mol. The minimum Gasteiger partial charge on any atom is -0.331 e. The molecule has 0 bridgehead atoms. The standard InChI is InChI=1S/C72H52N2/c1-3-23-57(24-4-1)72(58-25-5-2-6-26-58)67-33-14-11-31-66(67)71-63(32-18-34-68(71)72)52-41-45-60(46-42-52)73(61-27-9-10-28-62(49-61)74-69-35-15-12-29-64(69)65-30-13-16-36-70(65)74)59-43-39-51(40-44-59)54-21-17-22-55(47-54)56-38-37-50-19-7-8-20-53(50)48-56/h1-10,12-30,32-49,61H,11,31H2. The maximum atomic E-state index is 2.49. The van der Waals surface area contributed by atoms with E-state index >= 15 is 0 Å². The average Bonchev–Trinajstić information content (AvgIpc) is 3.86. The van der Waals surface area contributed by atoms with Crippen LogP contribution < -0.4 is 4.90 Å². The van der Waals surface area contributed by atoms with Gasteiger partial charge in [-0.1, -0.05) is 225 Å². The number of rotatable bonds is 9. The second-order valence-electron chi connectivity index (χ2n) is 19.8. The zero-order valence-electron chi connectivity index (χ0n) is 41.0. The van der Waals surface area contributed by atoms with E-state index in [0.29, 0.717) is 0 Å². The summed E-state index contributed by atoms with van der Waals surface area (Å²) in [6.07, 6.45) is 18.2. The van der Waals surface area contributed by atoms with E-state index in [1.54, 1.807) is 0 Å². The Hall–Kier alpha value is -9.24. The van der Waals surface area contributed by atoms with Crippen molar-refractivity contribution < 1.29 is 0 Å². The largest absolute Gasteiger partial charge is 0.331 e. The maximum Gasteiger partial charge on any atom is 0.0732 e. The molecule has 10 aromatic carbocycles. The SMILES string of the molecule is C1=CC(n2c3ccccc3c3ccccc32)=CC(N(c2ccc(-c3cccc(-c4ccc5ccccc5c4)c3)cc2)c2ccc(-c3cccc4c3C3=C(C=CCC3)C4(c3ccccc3)c3ccccc3)cc2)C=C1. The van der Waals surface area contributed by atoms with Crippen molar-refractivity contribution in [2.24, 2.45) is 0 Å². The van der Waals surface area contributed by atoms with Crippen molar-refractivity contribution in [1.82, 2.24) is 4.57 Å². The lowest BCUT2D eigenvalue weighted by atomic mass is 9.66. The van der Waals surface area contributed by atoms with Gasteiger partial charge in [0.2, 0.25) is 0 Å². The Labute approximate surface area is 433 Å². The van der Waals surface area contributed by atoms with E-state index < -0.39 is 5.41 Å². The molecular weight excluding hydrogens is 893 g/mol. The predicted molar refractivity (Wildman–Crippen MR) is 313 cm³/mol. The lowest BCUT2D eigenvalue weighted by Crippen LogP contribution is -2.29. The Balaban J connectivity index is 0.890. The van der Waals surface area contributed by atoms with Crippen LogP contribution in [-0.2, 0) is 5.41 Å². The molecule has 1 aromatic heterocycles. The second kappa shape index (κ2) is 18.1. The summed E-state index contributed by atoms with van der Waals surface area (Å²) in [6, 6.07) is 89.6. The summed E-state index contributed by atoms with van der Waals surface area (Å²) < 4.78 is 2.43. The molecule has 0 saturated carbocycles. The molecular formula is C72H52N2. The molecule has 0 fully saturated rings. The number of anilines is 2. The fourth-order valence-corrected chi connectivity index (χ4v) is 12.5. The van der Waals surface area contributed by atoms with Crippen molar-refractivity contribution in [3.8, 4) is 33.4 Å². The first-order valence-corrected chi connectivity index (χ1v) is 26.0. The number of para-hydroxylation sites is 2. The lowest BCUT2D eigenvalue weighted by molar-refractivity contribution is 0.757. The van der Waals surface area contributed by atoms with Gasteiger partial charge < -0.3 is 9.47 Å². The van der Waals surface area contributed by atoms with Gasteiger partial charge in [0.05, 0.1) is 22.5 Å². The maximum absolute atomic E-state index is 2.49. The summed E-state index contributed by atoms with van der Waals surface area (Å²) in [4.78, 5) is 2.49. The fourth-order valence-electron chi connectivity index (χ4n) is 12.5. The highest BCUT2D eigenvalue weighted by Crippen LogP contribution is 2.59. The van der Waals surface area contributed by atoms with Gasteiger partial charge in [-0.15, -0.1) is 0 Å². The molecule has 1 atom stereocenters. The smallest absolute Gasteiger partial charge is 0.0732 e. The fraction of sp³-hybridized carbons (Fsp3) is 0.0556. The van der Waals surface area contributed by atoms with Crippen LogP contribution in [0.5, 0.6) is 0 Å². The van der Waals surface area contributed by atoms with Gasteiger partial charge in [0.15, 0.2) is 0 Å². The Kier molecular flexibility index (Phi) is 10.7. The van der Waals surface area contributed by atoms with E-state index in [2.05, 4.69) is 295 Å². The molecule has 1 heterocycles. The van der Waals surface area contributed by atoms with Crippen molar-refractivity contribution in [3.05, 3.63) is 313 Å². The van der Waals surface area contributed by atoms with Crippen LogP contribution in [0, 0.1) is 0 Å². The summed E-state index contributed by atoms with van der Waals surface area (Å²) in [6.45, 7) is 0. The van der Waals surface area contributed by atoms with Crippen LogP contribution in [0.4, 0.5) is 11.4 Å². The molecule has 14 rings (SSSR count). The molecule has 2 heteroatoms. The molecule has 74 heavy (non-hydrogen) atoms. The van der Waals surface area contributed by atoms with Crippen molar-refractivity contribution >= 4 is 55.2 Å². The quantitative estimate of drug-likeness (QED) is 0.140. The molecule has 0 spiro atoms. The molecule has 0 radical (unpaired) electrons.